The van der Waals surface area contributed by atoms with E-state index in [-0.39, 0.29) is 6.10 Å². The molecule has 94 valence electrons. The fraction of sp³-hybridized carbons (Fsp3) is 0.643. The van der Waals surface area contributed by atoms with Gasteiger partial charge in [-0.1, -0.05) is 19.4 Å². The lowest BCUT2D eigenvalue weighted by Crippen LogP contribution is -2.32. The van der Waals surface area contributed by atoms with Crippen molar-refractivity contribution in [3.8, 4) is 0 Å². The van der Waals surface area contributed by atoms with Crippen molar-refractivity contribution >= 4 is 0 Å². The van der Waals surface area contributed by atoms with Gasteiger partial charge in [0.15, 0.2) is 0 Å². The maximum atomic E-state index is 9.74. The predicted octanol–water partition coefficient (Wildman–Crippen LogP) is 2.21. The van der Waals surface area contributed by atoms with Gasteiger partial charge in [-0.2, -0.15) is 0 Å². The van der Waals surface area contributed by atoms with E-state index in [1.807, 2.05) is 12.3 Å². The first-order chi connectivity index (χ1) is 8.31. The summed E-state index contributed by atoms with van der Waals surface area (Å²) in [5.41, 5.74) is 2.55. The summed E-state index contributed by atoms with van der Waals surface area (Å²) in [6.07, 6.45) is 7.01. The molecule has 0 saturated carbocycles. The van der Waals surface area contributed by atoms with Crippen LogP contribution in [0.3, 0.4) is 0 Å². The van der Waals surface area contributed by atoms with E-state index in [1.54, 1.807) is 0 Å². The van der Waals surface area contributed by atoms with E-state index < -0.39 is 0 Å². The highest BCUT2D eigenvalue weighted by molar-refractivity contribution is 5.25. The van der Waals surface area contributed by atoms with Crippen molar-refractivity contribution in [2.75, 3.05) is 6.54 Å². The van der Waals surface area contributed by atoms with E-state index in [0.717, 1.165) is 25.7 Å². The van der Waals surface area contributed by atoms with Gasteiger partial charge in [-0.25, -0.2) is 0 Å². The van der Waals surface area contributed by atoms with Gasteiger partial charge in [0.2, 0.25) is 0 Å². The van der Waals surface area contributed by atoms with Gasteiger partial charge in [0.1, 0.15) is 0 Å². The van der Waals surface area contributed by atoms with E-state index in [9.17, 15) is 5.11 Å². The van der Waals surface area contributed by atoms with Gasteiger partial charge in [-0.15, -0.1) is 0 Å². The average Bonchev–Trinajstić information content (AvgIpc) is 2.36. The highest BCUT2D eigenvalue weighted by atomic mass is 16.3. The van der Waals surface area contributed by atoms with Crippen LogP contribution in [0, 0.1) is 0 Å². The second-order valence-electron chi connectivity index (χ2n) is 4.84. The molecule has 0 saturated heterocycles. The molecular formula is C14H22N2O. The summed E-state index contributed by atoms with van der Waals surface area (Å²) in [4.78, 5) is 4.48. The van der Waals surface area contributed by atoms with E-state index in [4.69, 9.17) is 0 Å². The van der Waals surface area contributed by atoms with Gasteiger partial charge in [-0.3, -0.25) is 4.98 Å². The largest absolute Gasteiger partial charge is 0.392 e. The first-order valence-corrected chi connectivity index (χ1v) is 6.66. The number of aliphatic hydroxyl groups excluding tert-OH is 1. The normalized spacial score (nSPS) is 20.9. The molecule has 1 aliphatic rings. The van der Waals surface area contributed by atoms with Crippen molar-refractivity contribution in [2.24, 2.45) is 0 Å². The molecule has 2 atom stereocenters. The molecule has 2 unspecified atom stereocenters. The third-order valence-corrected chi connectivity index (χ3v) is 3.42. The van der Waals surface area contributed by atoms with Crippen molar-refractivity contribution in [3.05, 3.63) is 29.6 Å². The van der Waals surface area contributed by atoms with Crippen LogP contribution in [0.2, 0.25) is 0 Å². The van der Waals surface area contributed by atoms with Crippen LogP contribution in [0.1, 0.15) is 49.9 Å². The van der Waals surface area contributed by atoms with Crippen LogP contribution in [-0.2, 0) is 6.42 Å². The Hall–Kier alpha value is -0.930. The Bertz CT molecular complexity index is 354. The summed E-state index contributed by atoms with van der Waals surface area (Å²) in [6, 6.07) is 4.50. The molecule has 0 bridgehead atoms. The molecule has 0 radical (unpaired) electrons. The molecule has 0 aliphatic heterocycles. The maximum Gasteiger partial charge on any atom is 0.0664 e. The number of nitrogens with zero attached hydrogens (tertiary/aromatic N) is 1. The van der Waals surface area contributed by atoms with Gasteiger partial charge >= 0.3 is 0 Å². The Morgan fingerprint density at radius 1 is 1.59 bits per heavy atom. The van der Waals surface area contributed by atoms with Crippen molar-refractivity contribution in [1.29, 1.82) is 0 Å². The molecule has 1 heterocycles. The molecule has 2 rings (SSSR count). The minimum atomic E-state index is -0.228. The zero-order valence-corrected chi connectivity index (χ0v) is 10.5. The highest BCUT2D eigenvalue weighted by Gasteiger charge is 2.21. The third kappa shape index (κ3) is 3.27. The summed E-state index contributed by atoms with van der Waals surface area (Å²) in [6.45, 7) is 2.77. The molecule has 0 spiro atoms. The molecular weight excluding hydrogens is 212 g/mol. The number of fused-ring (bicyclic) bond motifs is 1. The van der Waals surface area contributed by atoms with Crippen LogP contribution in [0.5, 0.6) is 0 Å². The molecule has 1 aromatic heterocycles. The van der Waals surface area contributed by atoms with Crippen molar-refractivity contribution in [3.63, 3.8) is 0 Å². The van der Waals surface area contributed by atoms with E-state index in [1.165, 1.54) is 17.7 Å². The summed E-state index contributed by atoms with van der Waals surface area (Å²) in [5, 5.41) is 13.2. The Labute approximate surface area is 103 Å². The van der Waals surface area contributed by atoms with Gasteiger partial charge < -0.3 is 10.4 Å². The van der Waals surface area contributed by atoms with Crippen molar-refractivity contribution < 1.29 is 5.11 Å². The fourth-order valence-corrected chi connectivity index (χ4v) is 2.52. The van der Waals surface area contributed by atoms with E-state index >= 15 is 0 Å². The minimum absolute atomic E-state index is 0.228. The first-order valence-electron chi connectivity index (χ1n) is 6.66. The molecule has 3 nitrogen and oxygen atoms in total. The number of aromatic nitrogens is 1. The second kappa shape index (κ2) is 6.12. The Kier molecular flexibility index (Phi) is 4.51. The van der Waals surface area contributed by atoms with Crippen LogP contribution in [0.4, 0.5) is 0 Å². The topological polar surface area (TPSA) is 45.1 Å². The summed E-state index contributed by atoms with van der Waals surface area (Å²) in [5.74, 6) is 0. The molecule has 1 aliphatic carbocycles. The molecule has 0 amide bonds. The standard InChI is InChI=1S/C14H22N2O/c1-2-5-12(17)10-16-13-8-3-6-11-7-4-9-15-14(11)13/h4,7,9,12-13,16-17H,2-3,5-6,8,10H2,1H3. The van der Waals surface area contributed by atoms with Gasteiger partial charge in [0, 0.05) is 18.8 Å². The average molecular weight is 234 g/mol. The Morgan fingerprint density at radius 2 is 2.47 bits per heavy atom. The second-order valence-corrected chi connectivity index (χ2v) is 4.84. The molecule has 17 heavy (non-hydrogen) atoms. The number of rotatable bonds is 5. The Morgan fingerprint density at radius 3 is 3.29 bits per heavy atom. The van der Waals surface area contributed by atoms with E-state index in [2.05, 4.69) is 23.3 Å². The monoisotopic (exact) mass is 234 g/mol. The lowest BCUT2D eigenvalue weighted by Gasteiger charge is -2.26. The summed E-state index contributed by atoms with van der Waals surface area (Å²) in [7, 11) is 0. The quantitative estimate of drug-likeness (QED) is 0.821. The van der Waals surface area contributed by atoms with Crippen LogP contribution >= 0.6 is 0 Å². The zero-order chi connectivity index (χ0) is 12.1. The molecule has 2 N–H and O–H groups in total. The molecule has 0 fully saturated rings. The Balaban J connectivity index is 1.94. The van der Waals surface area contributed by atoms with Gasteiger partial charge in [0.05, 0.1) is 11.8 Å². The number of aryl methyl sites for hydroxylation is 1. The lowest BCUT2D eigenvalue weighted by atomic mass is 9.92. The van der Waals surface area contributed by atoms with Crippen LogP contribution in [0.15, 0.2) is 18.3 Å². The maximum absolute atomic E-state index is 9.74. The van der Waals surface area contributed by atoms with Gasteiger partial charge in [-0.05, 0) is 37.3 Å². The number of pyridine rings is 1. The van der Waals surface area contributed by atoms with E-state index in [0.29, 0.717) is 12.6 Å². The third-order valence-electron chi connectivity index (χ3n) is 3.42. The van der Waals surface area contributed by atoms with Crippen molar-refractivity contribution in [1.82, 2.24) is 10.3 Å². The highest BCUT2D eigenvalue weighted by Crippen LogP contribution is 2.27. The molecule has 3 heteroatoms. The minimum Gasteiger partial charge on any atom is -0.392 e. The number of hydrogen-bond donors (Lipinski definition) is 2. The SMILES string of the molecule is CCCC(O)CNC1CCCc2cccnc21. The zero-order valence-electron chi connectivity index (χ0n) is 10.5. The molecule has 1 aromatic rings. The van der Waals surface area contributed by atoms with Crippen LogP contribution < -0.4 is 5.32 Å². The van der Waals surface area contributed by atoms with Gasteiger partial charge in [0.25, 0.3) is 0 Å². The summed E-state index contributed by atoms with van der Waals surface area (Å²) < 4.78 is 0. The first kappa shape index (κ1) is 12.5. The number of aliphatic hydroxyl groups is 1. The van der Waals surface area contributed by atoms with Crippen LogP contribution in [0.25, 0.3) is 0 Å². The smallest absolute Gasteiger partial charge is 0.0664 e. The van der Waals surface area contributed by atoms with Crippen molar-refractivity contribution in [2.45, 2.75) is 51.2 Å². The lowest BCUT2D eigenvalue weighted by molar-refractivity contribution is 0.154. The molecule has 0 aromatic carbocycles. The predicted molar refractivity (Wildman–Crippen MR) is 68.8 cm³/mol. The number of hydrogen-bond acceptors (Lipinski definition) is 3. The summed E-state index contributed by atoms with van der Waals surface area (Å²) >= 11 is 0. The number of nitrogens with one attached hydrogen (secondary N) is 1. The van der Waals surface area contributed by atoms with Crippen LogP contribution in [-0.4, -0.2) is 22.7 Å². The fourth-order valence-electron chi connectivity index (χ4n) is 2.52.